The zero-order valence-electron chi connectivity index (χ0n) is 22.8. The Bertz CT molecular complexity index is 1710. The van der Waals surface area contributed by atoms with Gasteiger partial charge in [-0.15, -0.1) is 0 Å². The Morgan fingerprint density at radius 3 is 1.62 bits per heavy atom. The van der Waals surface area contributed by atoms with Gasteiger partial charge in [-0.05, 0) is 64.3 Å². The van der Waals surface area contributed by atoms with Gasteiger partial charge in [0.2, 0.25) is 0 Å². The van der Waals surface area contributed by atoms with E-state index in [4.69, 9.17) is 0 Å². The second-order valence-electron chi connectivity index (χ2n) is 10.9. The minimum atomic E-state index is -0.779. The SMILES string of the molecule is c1ccc(P(c2ccccc2)c2ccc3ccccc3c2-c2c(NC3CCCCC3)ccc3ccccc23)cc1. The van der Waals surface area contributed by atoms with Gasteiger partial charge in [-0.1, -0.05) is 147 Å². The van der Waals surface area contributed by atoms with Gasteiger partial charge in [0.25, 0.3) is 0 Å². The summed E-state index contributed by atoms with van der Waals surface area (Å²) in [6.07, 6.45) is 6.47. The largest absolute Gasteiger partial charge is 0.382 e. The summed E-state index contributed by atoms with van der Waals surface area (Å²) in [7, 11) is -0.779. The predicted molar refractivity (Wildman–Crippen MR) is 176 cm³/mol. The lowest BCUT2D eigenvalue weighted by atomic mass is 9.90. The Morgan fingerprint density at radius 1 is 0.475 bits per heavy atom. The Labute approximate surface area is 238 Å². The molecule has 2 heteroatoms. The van der Waals surface area contributed by atoms with Gasteiger partial charge in [0.15, 0.2) is 0 Å². The fourth-order valence-electron chi connectivity index (χ4n) is 6.42. The van der Waals surface area contributed by atoms with Crippen molar-refractivity contribution in [2.75, 3.05) is 5.32 Å². The van der Waals surface area contributed by atoms with Crippen molar-refractivity contribution in [3.8, 4) is 11.1 Å². The van der Waals surface area contributed by atoms with Crippen LogP contribution in [0, 0.1) is 0 Å². The van der Waals surface area contributed by atoms with Crippen molar-refractivity contribution in [1.82, 2.24) is 0 Å². The molecule has 0 atom stereocenters. The van der Waals surface area contributed by atoms with E-state index < -0.39 is 7.92 Å². The van der Waals surface area contributed by atoms with Crippen LogP contribution < -0.4 is 21.2 Å². The smallest absolute Gasteiger partial charge is 0.0429 e. The standard InChI is InChI=1S/C38H34NP/c1-4-16-30(17-5-1)39-35-26-24-28-14-10-12-22-33(28)37(35)38-34-23-13-11-15-29(34)25-27-36(38)40(31-18-6-2-7-19-31)32-20-8-3-9-21-32/h2-3,6-15,18-27,30,39H,1,4-5,16-17H2. The molecular weight excluding hydrogens is 501 g/mol. The molecule has 6 aromatic carbocycles. The normalized spacial score (nSPS) is 14.1. The maximum Gasteiger partial charge on any atom is 0.0429 e. The van der Waals surface area contributed by atoms with Crippen molar-refractivity contribution in [1.29, 1.82) is 0 Å². The number of fused-ring (bicyclic) bond motifs is 2. The van der Waals surface area contributed by atoms with Crippen molar-refractivity contribution >= 4 is 51.1 Å². The lowest BCUT2D eigenvalue weighted by molar-refractivity contribution is 0.463. The monoisotopic (exact) mass is 535 g/mol. The molecule has 0 radical (unpaired) electrons. The first-order chi connectivity index (χ1) is 19.9. The highest BCUT2D eigenvalue weighted by molar-refractivity contribution is 7.80. The van der Waals surface area contributed by atoms with E-state index in [1.807, 2.05) is 0 Å². The number of nitrogens with one attached hydrogen (secondary N) is 1. The molecule has 1 fully saturated rings. The maximum absolute atomic E-state index is 4.06. The van der Waals surface area contributed by atoms with Crippen LogP contribution in [-0.4, -0.2) is 6.04 Å². The average Bonchev–Trinajstić information content (AvgIpc) is 3.03. The summed E-state index contributed by atoms with van der Waals surface area (Å²) in [5.41, 5.74) is 3.97. The van der Waals surface area contributed by atoms with Crippen molar-refractivity contribution in [2.45, 2.75) is 38.1 Å². The molecule has 6 aromatic rings. The summed E-state index contributed by atoms with van der Waals surface area (Å²) < 4.78 is 0. The van der Waals surface area contributed by atoms with Crippen LogP contribution in [-0.2, 0) is 0 Å². The second-order valence-corrected chi connectivity index (χ2v) is 13.1. The van der Waals surface area contributed by atoms with Crippen molar-refractivity contribution in [3.63, 3.8) is 0 Å². The molecule has 1 saturated carbocycles. The number of hydrogen-bond donors (Lipinski definition) is 1. The molecule has 0 saturated heterocycles. The third kappa shape index (κ3) is 4.80. The fraction of sp³-hybridized carbons (Fsp3) is 0.158. The van der Waals surface area contributed by atoms with E-state index in [9.17, 15) is 0 Å². The lowest BCUT2D eigenvalue weighted by Gasteiger charge is -2.28. The molecule has 0 bridgehead atoms. The molecule has 0 amide bonds. The first-order valence-electron chi connectivity index (χ1n) is 14.6. The molecule has 0 aromatic heterocycles. The highest BCUT2D eigenvalue weighted by Crippen LogP contribution is 2.45. The molecule has 196 valence electrons. The molecule has 7 rings (SSSR count). The minimum Gasteiger partial charge on any atom is -0.382 e. The molecule has 0 heterocycles. The minimum absolute atomic E-state index is 0.525. The van der Waals surface area contributed by atoms with Gasteiger partial charge in [-0.2, -0.15) is 0 Å². The van der Waals surface area contributed by atoms with Crippen LogP contribution in [0.4, 0.5) is 5.69 Å². The van der Waals surface area contributed by atoms with Crippen molar-refractivity contribution in [3.05, 3.63) is 133 Å². The van der Waals surface area contributed by atoms with Gasteiger partial charge in [-0.25, -0.2) is 0 Å². The second kappa shape index (κ2) is 11.3. The summed E-state index contributed by atoms with van der Waals surface area (Å²) in [5, 5.41) is 13.4. The Kier molecular flexibility index (Phi) is 7.07. The molecule has 1 aliphatic carbocycles. The molecule has 40 heavy (non-hydrogen) atoms. The molecule has 1 N–H and O–H groups in total. The Hall–Kier alpha value is -3.93. The summed E-state index contributed by atoms with van der Waals surface area (Å²) in [6.45, 7) is 0. The zero-order valence-corrected chi connectivity index (χ0v) is 23.7. The van der Waals surface area contributed by atoms with Crippen molar-refractivity contribution < 1.29 is 0 Å². The summed E-state index contributed by atoms with van der Waals surface area (Å²) >= 11 is 0. The third-order valence-corrected chi connectivity index (χ3v) is 10.8. The molecular formula is C38H34NP. The molecule has 0 spiro atoms. The van der Waals surface area contributed by atoms with Crippen LogP contribution in [0.2, 0.25) is 0 Å². The van der Waals surface area contributed by atoms with E-state index in [1.165, 1.54) is 86.4 Å². The van der Waals surface area contributed by atoms with Crippen LogP contribution in [0.3, 0.4) is 0 Å². The van der Waals surface area contributed by atoms with E-state index in [0.29, 0.717) is 6.04 Å². The summed E-state index contributed by atoms with van der Waals surface area (Å²) in [5.74, 6) is 0. The summed E-state index contributed by atoms with van der Waals surface area (Å²) in [6, 6.07) is 50.0. The first-order valence-corrected chi connectivity index (χ1v) is 15.9. The molecule has 0 unspecified atom stereocenters. The third-order valence-electron chi connectivity index (χ3n) is 8.32. The van der Waals surface area contributed by atoms with E-state index >= 15 is 0 Å². The number of hydrogen-bond acceptors (Lipinski definition) is 1. The lowest BCUT2D eigenvalue weighted by Crippen LogP contribution is -2.24. The predicted octanol–water partition coefficient (Wildman–Crippen LogP) is 9.16. The number of anilines is 1. The van der Waals surface area contributed by atoms with Gasteiger partial charge in [-0.3, -0.25) is 0 Å². The van der Waals surface area contributed by atoms with Crippen LogP contribution in [0.15, 0.2) is 133 Å². The summed E-state index contributed by atoms with van der Waals surface area (Å²) in [4.78, 5) is 0. The van der Waals surface area contributed by atoms with E-state index in [2.05, 4.69) is 139 Å². The van der Waals surface area contributed by atoms with E-state index in [0.717, 1.165) is 0 Å². The van der Waals surface area contributed by atoms with Crippen LogP contribution in [0.1, 0.15) is 32.1 Å². The number of benzene rings is 6. The van der Waals surface area contributed by atoms with Crippen LogP contribution >= 0.6 is 7.92 Å². The Balaban J connectivity index is 1.56. The van der Waals surface area contributed by atoms with Crippen LogP contribution in [0.25, 0.3) is 32.7 Å². The average molecular weight is 536 g/mol. The topological polar surface area (TPSA) is 12.0 Å². The van der Waals surface area contributed by atoms with Gasteiger partial charge in [0, 0.05) is 22.9 Å². The van der Waals surface area contributed by atoms with Gasteiger partial charge >= 0.3 is 0 Å². The van der Waals surface area contributed by atoms with Gasteiger partial charge in [0.05, 0.1) is 0 Å². The van der Waals surface area contributed by atoms with Gasteiger partial charge < -0.3 is 5.32 Å². The fourth-order valence-corrected chi connectivity index (χ4v) is 8.89. The van der Waals surface area contributed by atoms with Crippen molar-refractivity contribution in [2.24, 2.45) is 0 Å². The van der Waals surface area contributed by atoms with Crippen LogP contribution in [0.5, 0.6) is 0 Å². The first kappa shape index (κ1) is 25.1. The molecule has 1 nitrogen and oxygen atoms in total. The van der Waals surface area contributed by atoms with E-state index in [-0.39, 0.29) is 0 Å². The van der Waals surface area contributed by atoms with Gasteiger partial charge in [0.1, 0.15) is 0 Å². The Morgan fingerprint density at radius 2 is 1.00 bits per heavy atom. The number of rotatable bonds is 6. The zero-order chi connectivity index (χ0) is 26.7. The molecule has 1 aliphatic rings. The highest BCUT2D eigenvalue weighted by atomic mass is 31.1. The quantitative estimate of drug-likeness (QED) is 0.210. The highest BCUT2D eigenvalue weighted by Gasteiger charge is 2.25. The van der Waals surface area contributed by atoms with E-state index in [1.54, 1.807) is 0 Å². The molecule has 0 aliphatic heterocycles. The maximum atomic E-state index is 4.06.